The summed E-state index contributed by atoms with van der Waals surface area (Å²) in [6, 6.07) is 8.70. The van der Waals surface area contributed by atoms with E-state index in [0.717, 1.165) is 5.56 Å². The zero-order valence-electron chi connectivity index (χ0n) is 16.0. The van der Waals surface area contributed by atoms with Crippen molar-refractivity contribution < 1.29 is 8.81 Å². The van der Waals surface area contributed by atoms with Crippen LogP contribution in [0, 0.1) is 12.7 Å². The zero-order valence-corrected chi connectivity index (χ0v) is 18.3. The van der Waals surface area contributed by atoms with Crippen LogP contribution in [0.25, 0.3) is 11.6 Å². The van der Waals surface area contributed by atoms with Crippen molar-refractivity contribution in [3.8, 4) is 11.6 Å². The standard InChI is InChI=1S/C19H23FN6O.HI/c1-4-21-19(23-13(3)14-8-7-12(2)15(20)10-14)22-11-17-24-18(26-25-17)16-6-5-9-27-16;/h5-10,13H,4,11H2,1-3H3,(H2,21,22,23)(H,24,25,26);1H. The number of aromatic amines is 1. The molecule has 0 aliphatic rings. The van der Waals surface area contributed by atoms with Crippen molar-refractivity contribution in [3.63, 3.8) is 0 Å². The minimum atomic E-state index is -0.213. The fourth-order valence-electron chi connectivity index (χ4n) is 2.52. The second-order valence-electron chi connectivity index (χ2n) is 6.15. The summed E-state index contributed by atoms with van der Waals surface area (Å²) in [6.45, 7) is 6.71. The van der Waals surface area contributed by atoms with Gasteiger partial charge in [-0.25, -0.2) is 14.4 Å². The first kappa shape index (κ1) is 21.9. The van der Waals surface area contributed by atoms with Gasteiger partial charge in [0.1, 0.15) is 18.2 Å². The number of hydrogen-bond acceptors (Lipinski definition) is 4. The Balaban J connectivity index is 0.00000280. The lowest BCUT2D eigenvalue weighted by Gasteiger charge is -2.18. The maximum absolute atomic E-state index is 13.8. The largest absolute Gasteiger partial charge is 0.461 e. The third-order valence-electron chi connectivity index (χ3n) is 4.05. The van der Waals surface area contributed by atoms with E-state index in [-0.39, 0.29) is 35.8 Å². The lowest BCUT2D eigenvalue weighted by atomic mass is 10.1. The van der Waals surface area contributed by atoms with Crippen LogP contribution in [0.4, 0.5) is 4.39 Å². The number of guanidine groups is 1. The number of halogens is 2. The first-order valence-corrected chi connectivity index (χ1v) is 8.83. The lowest BCUT2D eigenvalue weighted by Crippen LogP contribution is -2.38. The number of aromatic nitrogens is 3. The van der Waals surface area contributed by atoms with Gasteiger partial charge in [0.05, 0.1) is 12.3 Å². The molecule has 0 bridgehead atoms. The van der Waals surface area contributed by atoms with Gasteiger partial charge in [-0.3, -0.25) is 5.10 Å². The quantitative estimate of drug-likeness (QED) is 0.272. The van der Waals surface area contributed by atoms with Crippen molar-refractivity contribution >= 4 is 29.9 Å². The van der Waals surface area contributed by atoms with Crippen LogP contribution in [-0.4, -0.2) is 27.7 Å². The van der Waals surface area contributed by atoms with Gasteiger partial charge >= 0.3 is 0 Å². The Morgan fingerprint density at radius 1 is 1.36 bits per heavy atom. The van der Waals surface area contributed by atoms with Gasteiger partial charge in [-0.1, -0.05) is 12.1 Å². The molecule has 0 aliphatic heterocycles. The molecule has 1 atom stereocenters. The van der Waals surface area contributed by atoms with Crippen LogP contribution in [0.1, 0.15) is 36.8 Å². The molecule has 150 valence electrons. The number of rotatable bonds is 6. The maximum atomic E-state index is 13.8. The molecule has 0 amide bonds. The van der Waals surface area contributed by atoms with Crippen molar-refractivity contribution in [2.45, 2.75) is 33.4 Å². The van der Waals surface area contributed by atoms with Crippen LogP contribution >= 0.6 is 24.0 Å². The van der Waals surface area contributed by atoms with Crippen molar-refractivity contribution in [1.29, 1.82) is 0 Å². The third kappa shape index (κ3) is 5.54. The maximum Gasteiger partial charge on any atom is 0.216 e. The van der Waals surface area contributed by atoms with Gasteiger partial charge in [-0.2, -0.15) is 0 Å². The highest BCUT2D eigenvalue weighted by atomic mass is 127. The second-order valence-corrected chi connectivity index (χ2v) is 6.15. The predicted molar refractivity (Wildman–Crippen MR) is 117 cm³/mol. The molecular formula is C19H24FIN6O. The van der Waals surface area contributed by atoms with Crippen LogP contribution in [0.5, 0.6) is 0 Å². The van der Waals surface area contributed by atoms with Crippen LogP contribution < -0.4 is 10.6 Å². The Labute approximate surface area is 180 Å². The summed E-state index contributed by atoms with van der Waals surface area (Å²) in [5.41, 5.74) is 1.48. The number of H-pyrrole nitrogens is 1. The van der Waals surface area contributed by atoms with E-state index in [0.29, 0.717) is 42.0 Å². The van der Waals surface area contributed by atoms with Gasteiger partial charge in [-0.15, -0.1) is 29.1 Å². The van der Waals surface area contributed by atoms with E-state index in [1.807, 2.05) is 19.9 Å². The Kier molecular flexibility index (Phi) is 7.97. The number of nitrogens with zero attached hydrogens (tertiary/aromatic N) is 3. The molecule has 7 nitrogen and oxygen atoms in total. The summed E-state index contributed by atoms with van der Waals surface area (Å²) in [4.78, 5) is 8.89. The molecule has 1 aromatic carbocycles. The van der Waals surface area contributed by atoms with Crippen LogP contribution in [0.3, 0.4) is 0 Å². The fourth-order valence-corrected chi connectivity index (χ4v) is 2.52. The first-order chi connectivity index (χ1) is 13.1. The summed E-state index contributed by atoms with van der Waals surface area (Å²) in [5.74, 6) is 2.11. The zero-order chi connectivity index (χ0) is 19.2. The second kappa shape index (κ2) is 10.2. The van der Waals surface area contributed by atoms with Gasteiger partial charge in [0.15, 0.2) is 11.7 Å². The lowest BCUT2D eigenvalue weighted by molar-refractivity contribution is 0.577. The average molecular weight is 498 g/mol. The Hall–Kier alpha value is -2.43. The smallest absolute Gasteiger partial charge is 0.216 e. The molecule has 1 unspecified atom stereocenters. The Bertz CT molecular complexity index is 909. The summed E-state index contributed by atoms with van der Waals surface area (Å²) < 4.78 is 19.1. The molecule has 0 aliphatic carbocycles. The monoisotopic (exact) mass is 498 g/mol. The normalized spacial score (nSPS) is 12.4. The summed E-state index contributed by atoms with van der Waals surface area (Å²) >= 11 is 0. The molecule has 0 spiro atoms. The SMILES string of the molecule is CCNC(=NCc1nc(-c2ccco2)n[nH]1)NC(C)c1ccc(C)c(F)c1.I. The van der Waals surface area contributed by atoms with Crippen molar-refractivity contribution in [3.05, 3.63) is 59.4 Å². The number of furan rings is 1. The average Bonchev–Trinajstić information content (AvgIpc) is 3.33. The van der Waals surface area contributed by atoms with Gasteiger partial charge in [0.2, 0.25) is 5.82 Å². The first-order valence-electron chi connectivity index (χ1n) is 8.83. The molecule has 3 aromatic rings. The minimum absolute atomic E-state index is 0. The number of benzene rings is 1. The molecule has 0 radical (unpaired) electrons. The Morgan fingerprint density at radius 3 is 2.86 bits per heavy atom. The van der Waals surface area contributed by atoms with Crippen molar-refractivity contribution in [1.82, 2.24) is 25.8 Å². The van der Waals surface area contributed by atoms with Crippen LogP contribution in [0.15, 0.2) is 46.0 Å². The number of hydrogen-bond donors (Lipinski definition) is 3. The molecule has 0 saturated heterocycles. The van der Waals surface area contributed by atoms with E-state index in [9.17, 15) is 4.39 Å². The van der Waals surface area contributed by atoms with Crippen molar-refractivity contribution in [2.75, 3.05) is 6.54 Å². The summed E-state index contributed by atoms with van der Waals surface area (Å²) in [5, 5.41) is 13.4. The molecular weight excluding hydrogens is 474 g/mol. The minimum Gasteiger partial charge on any atom is -0.461 e. The van der Waals surface area contributed by atoms with E-state index >= 15 is 0 Å². The van der Waals surface area contributed by atoms with Crippen molar-refractivity contribution in [2.24, 2.45) is 4.99 Å². The van der Waals surface area contributed by atoms with Gasteiger partial charge < -0.3 is 15.1 Å². The van der Waals surface area contributed by atoms with E-state index < -0.39 is 0 Å². The number of aryl methyl sites for hydroxylation is 1. The molecule has 3 N–H and O–H groups in total. The topological polar surface area (TPSA) is 91.1 Å². The van der Waals surface area contributed by atoms with E-state index in [1.165, 1.54) is 0 Å². The van der Waals surface area contributed by atoms with E-state index in [4.69, 9.17) is 4.42 Å². The highest BCUT2D eigenvalue weighted by Gasteiger charge is 2.11. The third-order valence-corrected chi connectivity index (χ3v) is 4.05. The van der Waals surface area contributed by atoms with E-state index in [2.05, 4.69) is 30.8 Å². The molecule has 2 heterocycles. The van der Waals surface area contributed by atoms with E-state index in [1.54, 1.807) is 37.5 Å². The summed E-state index contributed by atoms with van der Waals surface area (Å²) in [6.07, 6.45) is 1.58. The molecule has 28 heavy (non-hydrogen) atoms. The molecule has 2 aromatic heterocycles. The van der Waals surface area contributed by atoms with Gasteiger partial charge in [0.25, 0.3) is 0 Å². The predicted octanol–water partition coefficient (Wildman–Crippen LogP) is 3.95. The summed E-state index contributed by atoms with van der Waals surface area (Å²) in [7, 11) is 0. The molecule has 9 heteroatoms. The highest BCUT2D eigenvalue weighted by Crippen LogP contribution is 2.17. The molecule has 0 saturated carbocycles. The van der Waals surface area contributed by atoms with Crippen LogP contribution in [0.2, 0.25) is 0 Å². The molecule has 0 fully saturated rings. The number of nitrogens with one attached hydrogen (secondary N) is 3. The highest BCUT2D eigenvalue weighted by molar-refractivity contribution is 14.0. The number of aliphatic imine (C=N–C) groups is 1. The molecule has 3 rings (SSSR count). The van der Waals surface area contributed by atoms with Crippen LogP contribution in [-0.2, 0) is 6.54 Å². The fraction of sp³-hybridized carbons (Fsp3) is 0.316. The Morgan fingerprint density at radius 2 is 2.18 bits per heavy atom. The van der Waals surface area contributed by atoms with Gasteiger partial charge in [0, 0.05) is 6.54 Å². The van der Waals surface area contributed by atoms with Gasteiger partial charge in [-0.05, 0) is 50.1 Å².